The molecule has 8 heteroatoms. The number of carbonyl (C=O) groups excluding carboxylic acids is 1. The summed E-state index contributed by atoms with van der Waals surface area (Å²) in [6.45, 7) is 1.98. The first-order valence-electron chi connectivity index (χ1n) is 10.8. The fourth-order valence-electron chi connectivity index (χ4n) is 4.60. The number of hydrogen-bond donors (Lipinski definition) is 4. The lowest BCUT2D eigenvalue weighted by Crippen LogP contribution is -2.60. The largest absolute Gasteiger partial charge is 0.465 e. The summed E-state index contributed by atoms with van der Waals surface area (Å²) in [4.78, 5) is 26.2. The molecule has 3 atom stereocenters. The number of rotatable bonds is 7. The van der Waals surface area contributed by atoms with Gasteiger partial charge in [0.15, 0.2) is 5.11 Å². The van der Waals surface area contributed by atoms with Crippen molar-refractivity contribution < 1.29 is 19.8 Å². The molecule has 0 saturated carbocycles. The van der Waals surface area contributed by atoms with Gasteiger partial charge < -0.3 is 20.4 Å². The first-order valence-corrected chi connectivity index (χ1v) is 11.2. The molecule has 1 fully saturated rings. The number of unbranched alkanes of at least 4 members (excludes halogenated alkanes) is 1. The Labute approximate surface area is 193 Å². The molecule has 3 rings (SSSR count). The Bertz CT molecular complexity index is 941. The Morgan fingerprint density at radius 2 is 1.75 bits per heavy atom. The van der Waals surface area contributed by atoms with E-state index in [9.17, 15) is 19.8 Å². The molecule has 0 aromatic heterocycles. The second-order valence-electron chi connectivity index (χ2n) is 7.98. The third-order valence-corrected chi connectivity index (χ3v) is 6.30. The van der Waals surface area contributed by atoms with Crippen LogP contribution in [0.2, 0.25) is 0 Å². The van der Waals surface area contributed by atoms with Gasteiger partial charge in [-0.3, -0.25) is 10.1 Å². The van der Waals surface area contributed by atoms with Crippen LogP contribution >= 0.6 is 12.2 Å². The van der Waals surface area contributed by atoms with Crippen molar-refractivity contribution >= 4 is 29.3 Å². The van der Waals surface area contributed by atoms with Crippen molar-refractivity contribution in [2.24, 2.45) is 5.92 Å². The molecule has 4 N–H and O–H groups in total. The molecule has 2 amide bonds. The highest BCUT2D eigenvalue weighted by molar-refractivity contribution is 7.80. The molecule has 0 bridgehead atoms. The van der Waals surface area contributed by atoms with Crippen LogP contribution in [0.25, 0.3) is 0 Å². The Morgan fingerprint density at radius 1 is 1.12 bits per heavy atom. The van der Waals surface area contributed by atoms with Crippen LogP contribution in [0.5, 0.6) is 0 Å². The minimum absolute atomic E-state index is 0.0925. The summed E-state index contributed by atoms with van der Waals surface area (Å²) < 4.78 is 0. The number of carboxylic acid groups (broad SMARTS) is 1. The zero-order valence-electron chi connectivity index (χ0n) is 18.0. The molecule has 0 radical (unpaired) electrons. The van der Waals surface area contributed by atoms with Crippen molar-refractivity contribution in [1.29, 1.82) is 0 Å². The number of carbonyl (C=O) groups is 2. The third kappa shape index (κ3) is 4.76. The summed E-state index contributed by atoms with van der Waals surface area (Å²) in [5, 5.41) is 26.3. The average molecular weight is 456 g/mol. The molecule has 1 aliphatic rings. The number of likely N-dealkylation sites (tertiary alicyclic amines) is 1. The van der Waals surface area contributed by atoms with E-state index in [-0.39, 0.29) is 24.2 Å². The Kier molecular flexibility index (Phi) is 7.82. The summed E-state index contributed by atoms with van der Waals surface area (Å²) in [6, 6.07) is 17.7. The summed E-state index contributed by atoms with van der Waals surface area (Å²) in [6.07, 6.45) is 1.26. The van der Waals surface area contributed by atoms with E-state index in [1.807, 2.05) is 43.3 Å². The molecule has 1 aliphatic heterocycles. The predicted octanol–water partition coefficient (Wildman–Crippen LogP) is 3.35. The molecule has 1 saturated heterocycles. The number of nitrogens with one attached hydrogen (secondary N) is 2. The SMILES string of the molecule is CCCCC1N(C(=O)O)CC(CO)C1(NC(=S)NC(=O)c1ccccc1)c1ccccc1. The Balaban J connectivity index is 2.00. The first kappa shape index (κ1) is 23.7. The lowest BCUT2D eigenvalue weighted by atomic mass is 9.74. The monoisotopic (exact) mass is 455 g/mol. The number of nitrogens with zero attached hydrogens (tertiary/aromatic N) is 1. The van der Waals surface area contributed by atoms with E-state index in [4.69, 9.17) is 12.2 Å². The molecule has 2 aromatic carbocycles. The van der Waals surface area contributed by atoms with Gasteiger partial charge in [-0.05, 0) is 36.3 Å². The standard InChI is InChI=1S/C24H29N3O4S/c1-2-3-14-20-24(18-12-8-5-9-13-18,19(16-28)15-27(20)23(30)31)26-22(32)25-21(29)17-10-6-4-7-11-17/h4-13,19-20,28H,2-3,14-16H2,1H3,(H,30,31)(H2,25,26,29,32). The highest BCUT2D eigenvalue weighted by Gasteiger charge is 2.56. The van der Waals surface area contributed by atoms with E-state index in [2.05, 4.69) is 10.6 Å². The van der Waals surface area contributed by atoms with E-state index >= 15 is 0 Å². The second-order valence-corrected chi connectivity index (χ2v) is 8.39. The van der Waals surface area contributed by atoms with Crippen molar-refractivity contribution in [2.45, 2.75) is 37.8 Å². The quantitative estimate of drug-likeness (QED) is 0.478. The highest BCUT2D eigenvalue weighted by atomic mass is 32.1. The van der Waals surface area contributed by atoms with E-state index in [0.29, 0.717) is 12.0 Å². The Morgan fingerprint density at radius 3 is 2.31 bits per heavy atom. The number of thiocarbonyl (C=S) groups is 1. The third-order valence-electron chi connectivity index (χ3n) is 6.09. The van der Waals surface area contributed by atoms with Crippen molar-refractivity contribution in [3.8, 4) is 0 Å². The maximum Gasteiger partial charge on any atom is 0.407 e. The summed E-state index contributed by atoms with van der Waals surface area (Å²) in [5.74, 6) is -0.806. The number of amides is 2. The van der Waals surface area contributed by atoms with Crippen LogP contribution in [0, 0.1) is 5.92 Å². The summed E-state index contributed by atoms with van der Waals surface area (Å²) in [7, 11) is 0. The molecule has 170 valence electrons. The maximum absolute atomic E-state index is 12.7. The lowest BCUT2D eigenvalue weighted by molar-refractivity contribution is 0.0970. The van der Waals surface area contributed by atoms with E-state index < -0.39 is 23.6 Å². The minimum atomic E-state index is -1.04. The van der Waals surface area contributed by atoms with Crippen LogP contribution in [0.3, 0.4) is 0 Å². The zero-order chi connectivity index (χ0) is 23.1. The summed E-state index contributed by atoms with van der Waals surface area (Å²) in [5.41, 5.74) is 0.301. The number of hydrogen-bond acceptors (Lipinski definition) is 4. The lowest BCUT2D eigenvalue weighted by Gasteiger charge is -2.42. The van der Waals surface area contributed by atoms with E-state index in [0.717, 1.165) is 18.4 Å². The highest BCUT2D eigenvalue weighted by Crippen LogP contribution is 2.44. The topological polar surface area (TPSA) is 102 Å². The predicted molar refractivity (Wildman–Crippen MR) is 126 cm³/mol. The number of aliphatic hydroxyl groups excluding tert-OH is 1. The van der Waals surface area contributed by atoms with Gasteiger partial charge >= 0.3 is 6.09 Å². The van der Waals surface area contributed by atoms with Crippen LogP contribution in [0.15, 0.2) is 60.7 Å². The number of aliphatic hydroxyl groups is 1. The van der Waals surface area contributed by atoms with Gasteiger partial charge in [-0.25, -0.2) is 4.79 Å². The van der Waals surface area contributed by atoms with Crippen LogP contribution in [-0.4, -0.2) is 51.4 Å². The minimum Gasteiger partial charge on any atom is -0.465 e. The van der Waals surface area contributed by atoms with Gasteiger partial charge in [-0.2, -0.15) is 0 Å². The van der Waals surface area contributed by atoms with Gasteiger partial charge in [0.2, 0.25) is 0 Å². The molecule has 3 unspecified atom stereocenters. The normalized spacial score (nSPS) is 22.4. The molecule has 7 nitrogen and oxygen atoms in total. The van der Waals surface area contributed by atoms with Gasteiger partial charge in [-0.1, -0.05) is 68.3 Å². The van der Waals surface area contributed by atoms with Gasteiger partial charge in [-0.15, -0.1) is 0 Å². The van der Waals surface area contributed by atoms with Gasteiger partial charge in [0, 0.05) is 18.0 Å². The maximum atomic E-state index is 12.7. The van der Waals surface area contributed by atoms with Crippen LogP contribution in [0.1, 0.15) is 42.1 Å². The van der Waals surface area contributed by atoms with Crippen LogP contribution in [0.4, 0.5) is 4.79 Å². The summed E-state index contributed by atoms with van der Waals surface area (Å²) >= 11 is 5.52. The van der Waals surface area contributed by atoms with Crippen LogP contribution < -0.4 is 10.6 Å². The molecule has 1 heterocycles. The van der Waals surface area contributed by atoms with Gasteiger partial charge in [0.25, 0.3) is 5.91 Å². The molecule has 0 aliphatic carbocycles. The molecular weight excluding hydrogens is 426 g/mol. The zero-order valence-corrected chi connectivity index (χ0v) is 18.8. The number of benzene rings is 2. The first-order chi connectivity index (χ1) is 15.4. The van der Waals surface area contributed by atoms with Gasteiger partial charge in [0.05, 0.1) is 18.2 Å². The smallest absolute Gasteiger partial charge is 0.407 e. The van der Waals surface area contributed by atoms with E-state index in [1.54, 1.807) is 24.3 Å². The van der Waals surface area contributed by atoms with Crippen molar-refractivity contribution in [3.05, 3.63) is 71.8 Å². The van der Waals surface area contributed by atoms with Gasteiger partial charge in [0.1, 0.15) is 0 Å². The van der Waals surface area contributed by atoms with Crippen molar-refractivity contribution in [1.82, 2.24) is 15.5 Å². The van der Waals surface area contributed by atoms with Crippen LogP contribution in [-0.2, 0) is 5.54 Å². The van der Waals surface area contributed by atoms with Crippen molar-refractivity contribution in [3.63, 3.8) is 0 Å². The fraction of sp³-hybridized carbons (Fsp3) is 0.375. The molecular formula is C24H29N3O4S. The van der Waals surface area contributed by atoms with Crippen molar-refractivity contribution in [2.75, 3.05) is 13.2 Å². The second kappa shape index (κ2) is 10.6. The average Bonchev–Trinajstić information content (AvgIpc) is 3.12. The molecule has 0 spiro atoms. The fourth-order valence-corrected chi connectivity index (χ4v) is 4.87. The van der Waals surface area contributed by atoms with E-state index in [1.165, 1.54) is 4.90 Å². The Hall–Kier alpha value is -2.97. The molecule has 32 heavy (non-hydrogen) atoms. The molecule has 2 aromatic rings.